The van der Waals surface area contributed by atoms with Gasteiger partial charge in [0.25, 0.3) is 5.91 Å². The van der Waals surface area contributed by atoms with Crippen molar-refractivity contribution in [2.24, 2.45) is 0 Å². The third kappa shape index (κ3) is 7.51. The minimum atomic E-state index is -0.935. The van der Waals surface area contributed by atoms with E-state index in [1.807, 2.05) is 44.2 Å². The van der Waals surface area contributed by atoms with Gasteiger partial charge in [0.15, 0.2) is 0 Å². The van der Waals surface area contributed by atoms with Crippen LogP contribution < -0.4 is 5.32 Å². The summed E-state index contributed by atoms with van der Waals surface area (Å²) in [6.07, 6.45) is 3.05. The van der Waals surface area contributed by atoms with Crippen LogP contribution in [0.3, 0.4) is 0 Å². The van der Waals surface area contributed by atoms with Crippen molar-refractivity contribution in [2.75, 3.05) is 0 Å². The summed E-state index contributed by atoms with van der Waals surface area (Å²) >= 11 is 0. The molecule has 1 rings (SSSR count). The number of unbranched alkanes of at least 4 members (excludes halogenated alkanes) is 1. The molecule has 0 heterocycles. The maximum atomic E-state index is 12.8. The lowest BCUT2D eigenvalue weighted by atomic mass is 10.0. The van der Waals surface area contributed by atoms with E-state index in [1.165, 1.54) is 0 Å². The minimum absolute atomic E-state index is 0.261. The number of Topliss-reactive ketones (excluding diaryl/α,β-unsaturated/α-hetero) is 1. The summed E-state index contributed by atoms with van der Waals surface area (Å²) < 4.78 is 0. The van der Waals surface area contributed by atoms with E-state index in [-0.39, 0.29) is 6.04 Å². The van der Waals surface area contributed by atoms with Gasteiger partial charge in [-0.15, -0.1) is 0 Å². The smallest absolute Gasteiger partial charge is 0.290 e. The van der Waals surface area contributed by atoms with Crippen LogP contribution in [-0.4, -0.2) is 34.8 Å². The summed E-state index contributed by atoms with van der Waals surface area (Å²) in [5.41, 5.74) is 0.280. The van der Waals surface area contributed by atoms with Crippen LogP contribution in [0.25, 0.3) is 0 Å². The Bertz CT molecular complexity index is 610. The molecule has 0 saturated carbocycles. The molecular weight excluding hydrogens is 344 g/mol. The number of carbonyl (C=O) groups excluding carboxylic acids is 3. The van der Waals surface area contributed by atoms with Gasteiger partial charge in [0.2, 0.25) is 12.2 Å². The number of amides is 2. The Balaban J connectivity index is 2.95. The average molecular weight is 376 g/mol. The Hall–Kier alpha value is -2.21. The number of rotatable bonds is 11. The predicted molar refractivity (Wildman–Crippen MR) is 105 cm³/mol. The highest BCUT2D eigenvalue weighted by Crippen LogP contribution is 2.19. The topological polar surface area (TPSA) is 75.7 Å². The summed E-state index contributed by atoms with van der Waals surface area (Å²) in [5, 5.41) is 3.78. The lowest BCUT2D eigenvalue weighted by molar-refractivity contribution is -0.231. The molecule has 0 aliphatic rings. The lowest BCUT2D eigenvalue weighted by Gasteiger charge is -2.32. The van der Waals surface area contributed by atoms with Crippen LogP contribution in [-0.2, 0) is 19.2 Å². The number of benzene rings is 1. The van der Waals surface area contributed by atoms with Gasteiger partial charge in [-0.05, 0) is 39.2 Å². The number of hydrogen-bond acceptors (Lipinski definition) is 4. The van der Waals surface area contributed by atoms with Crippen molar-refractivity contribution >= 4 is 18.1 Å². The molecule has 0 spiro atoms. The first-order valence-corrected chi connectivity index (χ1v) is 9.55. The van der Waals surface area contributed by atoms with Crippen molar-refractivity contribution in [1.82, 2.24) is 10.4 Å². The van der Waals surface area contributed by atoms with Crippen LogP contribution in [0.15, 0.2) is 30.3 Å². The van der Waals surface area contributed by atoms with Crippen molar-refractivity contribution in [1.29, 1.82) is 0 Å². The fourth-order valence-corrected chi connectivity index (χ4v) is 2.73. The summed E-state index contributed by atoms with van der Waals surface area (Å²) in [7, 11) is 0. The van der Waals surface area contributed by atoms with Gasteiger partial charge in [-0.2, -0.15) is 0 Å². The maximum Gasteiger partial charge on any atom is 0.290 e. The van der Waals surface area contributed by atoms with E-state index in [9.17, 15) is 14.4 Å². The molecule has 2 atom stereocenters. The molecule has 1 aromatic rings. The second-order valence-corrected chi connectivity index (χ2v) is 7.54. The largest absolute Gasteiger partial charge is 0.343 e. The van der Waals surface area contributed by atoms with Crippen molar-refractivity contribution in [3.05, 3.63) is 35.9 Å². The Morgan fingerprint density at radius 1 is 1.19 bits per heavy atom. The zero-order valence-corrected chi connectivity index (χ0v) is 17.0. The first-order chi connectivity index (χ1) is 12.7. The van der Waals surface area contributed by atoms with Gasteiger partial charge in [0.1, 0.15) is 6.04 Å². The summed E-state index contributed by atoms with van der Waals surface area (Å²) in [4.78, 5) is 42.6. The van der Waals surface area contributed by atoms with Crippen molar-refractivity contribution in [2.45, 2.75) is 78.0 Å². The maximum absolute atomic E-state index is 12.8. The number of ketones is 1. The van der Waals surface area contributed by atoms with Gasteiger partial charge >= 0.3 is 0 Å². The first kappa shape index (κ1) is 22.8. The Morgan fingerprint density at radius 2 is 1.81 bits per heavy atom. The Morgan fingerprint density at radius 3 is 2.30 bits per heavy atom. The van der Waals surface area contributed by atoms with Crippen LogP contribution in [0.5, 0.6) is 0 Å². The molecule has 150 valence electrons. The van der Waals surface area contributed by atoms with Crippen LogP contribution >= 0.6 is 0 Å². The van der Waals surface area contributed by atoms with Crippen molar-refractivity contribution in [3.8, 4) is 0 Å². The zero-order chi connectivity index (χ0) is 20.4. The van der Waals surface area contributed by atoms with E-state index in [0.29, 0.717) is 25.7 Å². The van der Waals surface area contributed by atoms with Gasteiger partial charge in [0, 0.05) is 0 Å². The fourth-order valence-electron chi connectivity index (χ4n) is 2.73. The first-order valence-electron chi connectivity index (χ1n) is 9.55. The molecular formula is C21H32N2O4. The molecule has 0 aliphatic heterocycles. The zero-order valence-electron chi connectivity index (χ0n) is 17.0. The molecule has 0 saturated heterocycles. The number of hydroxylamine groups is 2. The summed E-state index contributed by atoms with van der Waals surface area (Å²) in [6.45, 7) is 9.28. The second kappa shape index (κ2) is 10.8. The number of hydrogen-bond donors (Lipinski definition) is 1. The molecule has 1 N–H and O–H groups in total. The van der Waals surface area contributed by atoms with Crippen molar-refractivity contribution < 1.29 is 19.2 Å². The predicted octanol–water partition coefficient (Wildman–Crippen LogP) is 3.57. The van der Waals surface area contributed by atoms with Crippen LogP contribution in [0.1, 0.15) is 71.9 Å². The molecule has 0 fully saturated rings. The lowest BCUT2D eigenvalue weighted by Crippen LogP contribution is -2.50. The summed E-state index contributed by atoms with van der Waals surface area (Å²) in [6, 6.07) is 8.30. The van der Waals surface area contributed by atoms with E-state index in [1.54, 1.807) is 20.8 Å². The molecule has 0 radical (unpaired) electrons. The molecule has 0 aromatic heterocycles. The Kier molecular flexibility index (Phi) is 9.15. The van der Waals surface area contributed by atoms with E-state index in [2.05, 4.69) is 5.32 Å². The summed E-state index contributed by atoms with van der Waals surface area (Å²) in [5.74, 6) is -1.36. The number of nitrogens with one attached hydrogen (secondary N) is 1. The molecule has 2 amide bonds. The molecule has 6 heteroatoms. The SMILES string of the molecule is CCCC[C@@H](C(=O)C(=O)N[C@@H](CC)c1ccccc1)N(C=O)OC(C)(C)C. The van der Waals surface area contributed by atoms with Gasteiger partial charge in [-0.1, -0.05) is 57.0 Å². The van der Waals surface area contributed by atoms with Crippen LogP contribution in [0.2, 0.25) is 0 Å². The van der Waals surface area contributed by atoms with Crippen molar-refractivity contribution in [3.63, 3.8) is 0 Å². The Labute approximate surface area is 162 Å². The number of nitrogens with zero attached hydrogens (tertiary/aromatic N) is 1. The van der Waals surface area contributed by atoms with Crippen LogP contribution in [0.4, 0.5) is 0 Å². The molecule has 0 unspecified atom stereocenters. The normalized spacial score (nSPS) is 13.5. The second-order valence-electron chi connectivity index (χ2n) is 7.54. The quantitative estimate of drug-likeness (QED) is 0.364. The van der Waals surface area contributed by atoms with Gasteiger partial charge in [0.05, 0.1) is 11.6 Å². The molecule has 1 aromatic carbocycles. The van der Waals surface area contributed by atoms with Gasteiger partial charge in [-0.3, -0.25) is 19.2 Å². The monoisotopic (exact) mass is 376 g/mol. The fraction of sp³-hybridized carbons (Fsp3) is 0.571. The van der Waals surface area contributed by atoms with Gasteiger partial charge < -0.3 is 5.32 Å². The van der Waals surface area contributed by atoms with E-state index >= 15 is 0 Å². The standard InChI is InChI=1S/C21H32N2O4/c1-6-8-14-18(23(15-24)27-21(3,4)5)19(25)20(26)22-17(7-2)16-12-10-9-11-13-16/h9-13,15,17-18H,6-8,14H2,1-5H3,(H,22,26)/t17-,18-/m0/s1. The van der Waals surface area contributed by atoms with E-state index in [0.717, 1.165) is 17.0 Å². The minimum Gasteiger partial charge on any atom is -0.343 e. The highest BCUT2D eigenvalue weighted by atomic mass is 16.7. The highest BCUT2D eigenvalue weighted by Gasteiger charge is 2.33. The third-order valence-corrected chi connectivity index (χ3v) is 4.06. The highest BCUT2D eigenvalue weighted by molar-refractivity contribution is 6.38. The van der Waals surface area contributed by atoms with Crippen LogP contribution in [0, 0.1) is 0 Å². The average Bonchev–Trinajstić information content (AvgIpc) is 2.64. The molecule has 6 nitrogen and oxygen atoms in total. The molecule has 0 bridgehead atoms. The molecule has 0 aliphatic carbocycles. The molecule has 27 heavy (non-hydrogen) atoms. The number of carbonyl (C=O) groups is 3. The van der Waals surface area contributed by atoms with Gasteiger partial charge in [-0.25, -0.2) is 5.06 Å². The van der Waals surface area contributed by atoms with E-state index in [4.69, 9.17) is 4.84 Å². The third-order valence-electron chi connectivity index (χ3n) is 4.06. The van der Waals surface area contributed by atoms with E-state index < -0.39 is 23.3 Å².